The molecule has 0 saturated carbocycles. The number of amides is 2. The molecule has 1 aliphatic rings. The summed E-state index contributed by atoms with van der Waals surface area (Å²) in [4.78, 5) is 15.7. The Morgan fingerprint density at radius 3 is 2.64 bits per heavy atom. The number of nitrogens with one attached hydrogen (secondary N) is 1. The number of nitrogens with two attached hydrogens (primary N) is 1. The highest BCUT2D eigenvalue weighted by Gasteiger charge is 2.15. The van der Waals surface area contributed by atoms with Gasteiger partial charge in [-0.3, -0.25) is 4.90 Å². The molecule has 4 rings (SSSR count). The number of anilines is 1. The summed E-state index contributed by atoms with van der Waals surface area (Å²) in [5.41, 5.74) is 8.36. The molecule has 3 aromatic rings. The van der Waals surface area contributed by atoms with Crippen LogP contribution in [0.25, 0.3) is 17.0 Å². The second-order valence-electron chi connectivity index (χ2n) is 4.97. The molecular formula is C18H17N3O. The van der Waals surface area contributed by atoms with E-state index < -0.39 is 6.03 Å². The highest BCUT2D eigenvalue weighted by molar-refractivity contribution is 5.94. The Hall–Kier alpha value is -3.01. The lowest BCUT2D eigenvalue weighted by Crippen LogP contribution is -2.37. The van der Waals surface area contributed by atoms with Crippen molar-refractivity contribution >= 4 is 28.7 Å². The number of para-hydroxylation sites is 2. The maximum Gasteiger partial charge on any atom is 0.319 e. The molecule has 0 atom stereocenters. The van der Waals surface area contributed by atoms with E-state index in [1.165, 1.54) is 10.9 Å². The van der Waals surface area contributed by atoms with E-state index in [1.54, 1.807) is 4.90 Å². The first-order chi connectivity index (χ1) is 10.8. The number of rotatable bonds is 0. The molecule has 0 aliphatic carbocycles. The molecule has 0 spiro atoms. The van der Waals surface area contributed by atoms with E-state index in [2.05, 4.69) is 23.2 Å². The Morgan fingerprint density at radius 2 is 1.82 bits per heavy atom. The van der Waals surface area contributed by atoms with Gasteiger partial charge in [0, 0.05) is 18.3 Å². The molecule has 2 amide bonds. The van der Waals surface area contributed by atoms with Crippen LogP contribution in [0.1, 0.15) is 5.56 Å². The predicted molar refractivity (Wildman–Crippen MR) is 90.7 cm³/mol. The lowest BCUT2D eigenvalue weighted by molar-refractivity contribution is 0.254. The van der Waals surface area contributed by atoms with Crippen molar-refractivity contribution in [2.45, 2.75) is 0 Å². The molecule has 22 heavy (non-hydrogen) atoms. The number of hydrogen-bond donors (Lipinski definition) is 2. The molecule has 4 heteroatoms. The van der Waals surface area contributed by atoms with Gasteiger partial charge < -0.3 is 10.7 Å². The molecule has 1 aliphatic heterocycles. The van der Waals surface area contributed by atoms with Gasteiger partial charge in [-0.05, 0) is 29.1 Å². The summed E-state index contributed by atoms with van der Waals surface area (Å²) in [6, 6.07) is 17.6. The zero-order valence-electron chi connectivity index (χ0n) is 12.1. The minimum atomic E-state index is -0.406. The summed E-state index contributed by atoms with van der Waals surface area (Å²) in [5.74, 6) is 0. The topological polar surface area (TPSA) is 62.1 Å². The van der Waals surface area contributed by atoms with Gasteiger partial charge >= 0.3 is 6.03 Å². The average Bonchev–Trinajstić information content (AvgIpc) is 3.03. The van der Waals surface area contributed by atoms with Gasteiger partial charge in [0.2, 0.25) is 0 Å². The van der Waals surface area contributed by atoms with E-state index in [4.69, 9.17) is 5.73 Å². The van der Waals surface area contributed by atoms with Crippen LogP contribution in [-0.4, -0.2) is 17.6 Å². The summed E-state index contributed by atoms with van der Waals surface area (Å²) in [6.45, 7) is 0.562. The summed E-state index contributed by atoms with van der Waals surface area (Å²) in [6.07, 6.45) is 5.87. The van der Waals surface area contributed by atoms with E-state index in [9.17, 15) is 4.79 Å². The van der Waals surface area contributed by atoms with E-state index in [0.717, 1.165) is 11.3 Å². The molecule has 0 radical (unpaired) electrons. The van der Waals surface area contributed by atoms with Gasteiger partial charge in [-0.2, -0.15) is 0 Å². The van der Waals surface area contributed by atoms with Crippen LogP contribution in [-0.2, 0) is 0 Å². The van der Waals surface area contributed by atoms with Crippen LogP contribution in [0.3, 0.4) is 0 Å². The third-order valence-corrected chi connectivity index (χ3v) is 3.54. The van der Waals surface area contributed by atoms with Crippen molar-refractivity contribution in [1.82, 2.24) is 4.98 Å². The normalized spacial score (nSPS) is 12.5. The van der Waals surface area contributed by atoms with Crippen molar-refractivity contribution in [3.63, 3.8) is 0 Å². The van der Waals surface area contributed by atoms with Crippen LogP contribution < -0.4 is 10.6 Å². The fourth-order valence-corrected chi connectivity index (χ4v) is 2.46. The average molecular weight is 291 g/mol. The number of nitrogens with zero attached hydrogens (tertiary/aromatic N) is 1. The number of urea groups is 1. The van der Waals surface area contributed by atoms with Crippen LogP contribution in [0, 0.1) is 0 Å². The monoisotopic (exact) mass is 291 g/mol. The van der Waals surface area contributed by atoms with Crippen LogP contribution >= 0.6 is 0 Å². The Labute approximate surface area is 128 Å². The first-order valence-corrected chi connectivity index (χ1v) is 7.10. The molecule has 0 unspecified atom stereocenters. The largest absolute Gasteiger partial charge is 0.361 e. The fourth-order valence-electron chi connectivity index (χ4n) is 2.46. The molecule has 110 valence electrons. The number of H-pyrrole nitrogens is 1. The van der Waals surface area contributed by atoms with E-state index in [0.29, 0.717) is 6.54 Å². The number of carbonyl (C=O) groups excluding carboxylic acids is 1. The molecule has 0 saturated heterocycles. The zero-order chi connectivity index (χ0) is 15.4. The third kappa shape index (κ3) is 2.86. The zero-order valence-corrected chi connectivity index (χ0v) is 12.1. The van der Waals surface area contributed by atoms with Crippen molar-refractivity contribution < 1.29 is 4.79 Å². The van der Waals surface area contributed by atoms with Gasteiger partial charge in [0.1, 0.15) is 0 Å². The SMILES string of the molecule is NC(=O)N1CC=Cc2ccccc21.c1ccc2[nH]ccc2c1. The molecule has 4 nitrogen and oxygen atoms in total. The minimum absolute atomic E-state index is 0.406. The molecule has 2 heterocycles. The highest BCUT2D eigenvalue weighted by atomic mass is 16.2. The fraction of sp³-hybridized carbons (Fsp3) is 0.0556. The van der Waals surface area contributed by atoms with Crippen molar-refractivity contribution in [2.24, 2.45) is 5.73 Å². The maximum absolute atomic E-state index is 11.0. The predicted octanol–water partition coefficient (Wildman–Crippen LogP) is 3.77. The van der Waals surface area contributed by atoms with E-state index in [1.807, 2.05) is 54.7 Å². The molecule has 1 aromatic heterocycles. The van der Waals surface area contributed by atoms with Crippen LogP contribution in [0.15, 0.2) is 66.9 Å². The van der Waals surface area contributed by atoms with Gasteiger partial charge in [0.05, 0.1) is 5.69 Å². The lowest BCUT2D eigenvalue weighted by atomic mass is 10.1. The van der Waals surface area contributed by atoms with Crippen molar-refractivity contribution in [2.75, 3.05) is 11.4 Å². The molecule has 0 bridgehead atoms. The van der Waals surface area contributed by atoms with Gasteiger partial charge in [-0.1, -0.05) is 48.6 Å². The first kappa shape index (κ1) is 13.9. The lowest BCUT2D eigenvalue weighted by Gasteiger charge is -2.23. The van der Waals surface area contributed by atoms with Crippen LogP contribution in [0.2, 0.25) is 0 Å². The van der Waals surface area contributed by atoms with Crippen molar-refractivity contribution in [3.8, 4) is 0 Å². The highest BCUT2D eigenvalue weighted by Crippen LogP contribution is 2.24. The number of carbonyl (C=O) groups is 1. The van der Waals surface area contributed by atoms with E-state index >= 15 is 0 Å². The Morgan fingerprint density at radius 1 is 1.05 bits per heavy atom. The quantitative estimate of drug-likeness (QED) is 0.650. The summed E-state index contributed by atoms with van der Waals surface area (Å²) >= 11 is 0. The molecule has 0 fully saturated rings. The number of aromatic nitrogens is 1. The Kier molecular flexibility index (Phi) is 3.92. The standard InChI is InChI=1S/C10H10N2O.C8H7N/c11-10(13)12-7-3-5-8-4-1-2-6-9(8)12;1-2-4-8-7(3-1)5-6-9-8/h1-6H,7H2,(H2,11,13);1-6,9H. The van der Waals surface area contributed by atoms with Crippen LogP contribution in [0.5, 0.6) is 0 Å². The van der Waals surface area contributed by atoms with Crippen molar-refractivity contribution in [3.05, 3.63) is 72.4 Å². The Balaban J connectivity index is 0.000000139. The summed E-state index contributed by atoms with van der Waals surface area (Å²) in [5, 5.41) is 1.28. The minimum Gasteiger partial charge on any atom is -0.361 e. The van der Waals surface area contributed by atoms with Gasteiger partial charge in [-0.15, -0.1) is 0 Å². The van der Waals surface area contributed by atoms with Crippen LogP contribution in [0.4, 0.5) is 10.5 Å². The maximum atomic E-state index is 11.0. The summed E-state index contributed by atoms with van der Waals surface area (Å²) < 4.78 is 0. The second kappa shape index (κ2) is 6.18. The molecule has 2 aromatic carbocycles. The number of fused-ring (bicyclic) bond motifs is 2. The second-order valence-corrected chi connectivity index (χ2v) is 4.97. The number of aromatic amines is 1. The van der Waals surface area contributed by atoms with Gasteiger partial charge in [0.15, 0.2) is 0 Å². The number of primary amides is 1. The first-order valence-electron chi connectivity index (χ1n) is 7.10. The molecular weight excluding hydrogens is 274 g/mol. The Bertz CT molecular complexity index is 790. The molecule has 3 N–H and O–H groups in total. The van der Waals surface area contributed by atoms with E-state index in [-0.39, 0.29) is 0 Å². The van der Waals surface area contributed by atoms with Gasteiger partial charge in [-0.25, -0.2) is 4.79 Å². The van der Waals surface area contributed by atoms with Crippen molar-refractivity contribution in [1.29, 1.82) is 0 Å². The number of hydrogen-bond acceptors (Lipinski definition) is 1. The van der Waals surface area contributed by atoms with Gasteiger partial charge in [0.25, 0.3) is 0 Å². The third-order valence-electron chi connectivity index (χ3n) is 3.54. The smallest absolute Gasteiger partial charge is 0.319 e. The summed E-state index contributed by atoms with van der Waals surface area (Å²) in [7, 11) is 0. The number of benzene rings is 2.